The lowest BCUT2D eigenvalue weighted by atomic mass is 9.79. The van der Waals surface area contributed by atoms with Gasteiger partial charge in [-0.1, -0.05) is 5.16 Å². The van der Waals surface area contributed by atoms with Crippen LogP contribution in [-0.2, 0) is 17.8 Å². The van der Waals surface area contributed by atoms with E-state index >= 15 is 0 Å². The maximum Gasteiger partial charge on any atom is 0.408 e. The molecule has 0 spiro atoms. The molecule has 3 fully saturated rings. The summed E-state index contributed by atoms with van der Waals surface area (Å²) in [5.41, 5.74) is -0.348. The lowest BCUT2D eigenvalue weighted by molar-refractivity contribution is -0.155. The Hall–Kier alpha value is -5.04. The van der Waals surface area contributed by atoms with Crippen LogP contribution in [-0.4, -0.2) is 82.8 Å². The molecule has 3 aliphatic rings. The molecular weight excluding hydrogens is 673 g/mol. The lowest BCUT2D eigenvalue weighted by Crippen LogP contribution is -2.40. The van der Waals surface area contributed by atoms with E-state index in [0.29, 0.717) is 17.0 Å². The zero-order valence-corrected chi connectivity index (χ0v) is 26.6. The Bertz CT molecular complexity index is 1930. The van der Waals surface area contributed by atoms with Gasteiger partial charge in [-0.25, -0.2) is 22.9 Å². The highest BCUT2D eigenvalue weighted by molar-refractivity contribution is 5.93. The van der Waals surface area contributed by atoms with Crippen LogP contribution in [0.25, 0.3) is 5.65 Å². The van der Waals surface area contributed by atoms with Crippen molar-refractivity contribution in [1.82, 2.24) is 55.9 Å². The van der Waals surface area contributed by atoms with Crippen molar-refractivity contribution in [2.45, 2.75) is 88.0 Å². The molecule has 1 aliphatic heterocycles. The van der Waals surface area contributed by atoms with Crippen molar-refractivity contribution < 1.29 is 41.0 Å². The SMILES string of the molecule is CNC(=O)c1cnn(C[C@]2(Cc3cnn4cc([C@@H](NC(=O)c5nonc5C5CC5)C5CCC(F)(F)CC5)nc4c3)C[C@@H](C(F)(F)F)NC2=O)n1. The van der Waals surface area contributed by atoms with Crippen LogP contribution in [0.3, 0.4) is 0 Å². The smallest absolute Gasteiger partial charge is 0.354 e. The number of hydrogen-bond donors (Lipinski definition) is 3. The third kappa shape index (κ3) is 6.61. The first-order chi connectivity index (χ1) is 23.7. The third-order valence-electron chi connectivity index (χ3n) is 9.69. The minimum absolute atomic E-state index is 0.0224. The number of aromatic nitrogens is 8. The fourth-order valence-corrected chi connectivity index (χ4v) is 6.85. The van der Waals surface area contributed by atoms with Crippen molar-refractivity contribution in [1.29, 1.82) is 0 Å². The zero-order chi connectivity index (χ0) is 35.4. The van der Waals surface area contributed by atoms with Gasteiger partial charge in [0.25, 0.3) is 11.8 Å². The molecular formula is C30H32F5N11O4. The molecule has 3 N–H and O–H groups in total. The first-order valence-electron chi connectivity index (χ1n) is 16.1. The molecule has 2 saturated carbocycles. The molecule has 15 nitrogen and oxygen atoms in total. The van der Waals surface area contributed by atoms with Gasteiger partial charge < -0.3 is 16.0 Å². The molecule has 5 heterocycles. The van der Waals surface area contributed by atoms with Gasteiger partial charge in [0.15, 0.2) is 17.0 Å². The number of carbonyl (C=O) groups is 3. The van der Waals surface area contributed by atoms with Crippen LogP contribution < -0.4 is 16.0 Å². The molecule has 1 saturated heterocycles. The van der Waals surface area contributed by atoms with E-state index in [1.165, 1.54) is 17.8 Å². The zero-order valence-electron chi connectivity index (χ0n) is 26.6. The molecule has 4 aromatic heterocycles. The average molecular weight is 706 g/mol. The average Bonchev–Trinajstić information content (AvgIpc) is 3.39. The molecule has 7 rings (SSSR count). The quantitative estimate of drug-likeness (QED) is 0.207. The Morgan fingerprint density at radius 1 is 1.10 bits per heavy atom. The number of rotatable bonds is 10. The van der Waals surface area contributed by atoms with Gasteiger partial charge in [0.2, 0.25) is 11.8 Å². The predicted octanol–water partition coefficient (Wildman–Crippen LogP) is 2.92. The van der Waals surface area contributed by atoms with E-state index in [1.807, 2.05) is 5.32 Å². The summed E-state index contributed by atoms with van der Waals surface area (Å²) in [4.78, 5) is 44.4. The summed E-state index contributed by atoms with van der Waals surface area (Å²) in [5, 5.41) is 27.4. The summed E-state index contributed by atoms with van der Waals surface area (Å²) in [7, 11) is 1.38. The van der Waals surface area contributed by atoms with Crippen LogP contribution in [0.5, 0.6) is 0 Å². The van der Waals surface area contributed by atoms with E-state index in [2.05, 4.69) is 41.2 Å². The molecule has 20 heteroatoms. The van der Waals surface area contributed by atoms with E-state index < -0.39 is 59.7 Å². The number of hydrogen-bond acceptors (Lipinski definition) is 10. The topological polar surface area (TPSA) is 187 Å². The van der Waals surface area contributed by atoms with E-state index in [4.69, 9.17) is 4.63 Å². The van der Waals surface area contributed by atoms with Crippen LogP contribution in [0.4, 0.5) is 22.0 Å². The van der Waals surface area contributed by atoms with Crippen LogP contribution in [0.2, 0.25) is 0 Å². The van der Waals surface area contributed by atoms with Crippen molar-refractivity contribution in [3.63, 3.8) is 0 Å². The van der Waals surface area contributed by atoms with Crippen molar-refractivity contribution in [2.75, 3.05) is 7.05 Å². The second-order valence-electron chi connectivity index (χ2n) is 13.3. The Balaban J connectivity index is 1.18. The third-order valence-corrected chi connectivity index (χ3v) is 9.69. The highest BCUT2D eigenvalue weighted by atomic mass is 19.4. The van der Waals surface area contributed by atoms with Crippen molar-refractivity contribution >= 4 is 23.4 Å². The van der Waals surface area contributed by atoms with Gasteiger partial charge in [-0.3, -0.25) is 14.4 Å². The molecule has 0 unspecified atom stereocenters. The minimum Gasteiger partial charge on any atom is -0.354 e. The number of nitrogens with zero attached hydrogens (tertiary/aromatic N) is 8. The van der Waals surface area contributed by atoms with Crippen LogP contribution in [0.15, 0.2) is 29.3 Å². The summed E-state index contributed by atoms with van der Waals surface area (Å²) in [6.45, 7) is -0.368. The molecule has 50 heavy (non-hydrogen) atoms. The Labute approximate surface area is 279 Å². The number of carbonyl (C=O) groups excluding carboxylic acids is 3. The molecule has 2 aliphatic carbocycles. The van der Waals surface area contributed by atoms with Gasteiger partial charge in [-0.15, -0.1) is 5.10 Å². The van der Waals surface area contributed by atoms with Crippen molar-refractivity contribution in [3.8, 4) is 0 Å². The molecule has 3 amide bonds. The number of halogens is 5. The second-order valence-corrected chi connectivity index (χ2v) is 13.3. The summed E-state index contributed by atoms with van der Waals surface area (Å²) >= 11 is 0. The van der Waals surface area contributed by atoms with E-state index in [9.17, 15) is 36.3 Å². The number of imidazole rings is 1. The molecule has 3 atom stereocenters. The number of alkyl halides is 5. The Morgan fingerprint density at radius 2 is 1.86 bits per heavy atom. The minimum atomic E-state index is -4.72. The van der Waals surface area contributed by atoms with Crippen LogP contribution >= 0.6 is 0 Å². The number of fused-ring (bicyclic) bond motifs is 1. The van der Waals surface area contributed by atoms with Crippen LogP contribution in [0.1, 0.15) is 94.8 Å². The highest BCUT2D eigenvalue weighted by Crippen LogP contribution is 2.44. The second kappa shape index (κ2) is 12.4. The summed E-state index contributed by atoms with van der Waals surface area (Å²) in [5.74, 6) is -5.17. The monoisotopic (exact) mass is 705 g/mol. The Kier molecular flexibility index (Phi) is 8.28. The van der Waals surface area contributed by atoms with Crippen molar-refractivity contribution in [3.05, 3.63) is 53.0 Å². The molecule has 0 radical (unpaired) electrons. The first kappa shape index (κ1) is 33.5. The number of nitrogens with one attached hydrogen (secondary N) is 3. The fourth-order valence-electron chi connectivity index (χ4n) is 6.85. The molecule has 4 aromatic rings. The van der Waals surface area contributed by atoms with Gasteiger partial charge in [0.1, 0.15) is 11.7 Å². The van der Waals surface area contributed by atoms with E-state index in [0.717, 1.165) is 23.8 Å². The standard InChI is InChI=1S/C30H32F5N11O4/c1-36-25(47)18-12-38-46(42-18)14-28(10-20(30(33,34)35)40-27(28)49)9-15-8-21-39-19(13-45(21)37-11-15)22(17-4-6-29(31,32)7-5-17)41-26(48)24-23(16-2-3-16)43-50-44-24/h8,11-13,16-17,20,22H,2-7,9-10,14H2,1H3,(H,36,47)(H,40,49)(H,41,48)/t20-,22-,28-/m0/s1. The number of amides is 3. The summed E-state index contributed by atoms with van der Waals surface area (Å²) in [6, 6.07) is -1.38. The lowest BCUT2D eigenvalue weighted by Gasteiger charge is -2.33. The van der Waals surface area contributed by atoms with Gasteiger partial charge in [-0.2, -0.15) is 28.2 Å². The maximum absolute atomic E-state index is 14.1. The fraction of sp³-hybridized carbons (Fsp3) is 0.567. The van der Waals surface area contributed by atoms with Gasteiger partial charge in [0.05, 0.1) is 42.3 Å². The van der Waals surface area contributed by atoms with E-state index in [1.54, 1.807) is 12.3 Å². The van der Waals surface area contributed by atoms with E-state index in [-0.39, 0.29) is 61.6 Å². The molecule has 0 bridgehead atoms. The normalized spacial score (nSPS) is 23.2. The van der Waals surface area contributed by atoms with Gasteiger partial charge in [-0.05, 0) is 61.2 Å². The molecule has 0 aromatic carbocycles. The van der Waals surface area contributed by atoms with Gasteiger partial charge in [0, 0.05) is 25.8 Å². The van der Waals surface area contributed by atoms with Crippen LogP contribution in [0, 0.1) is 11.3 Å². The van der Waals surface area contributed by atoms with Gasteiger partial charge >= 0.3 is 6.18 Å². The van der Waals surface area contributed by atoms with Crippen molar-refractivity contribution in [2.24, 2.45) is 11.3 Å². The first-order valence-corrected chi connectivity index (χ1v) is 16.1. The predicted molar refractivity (Wildman–Crippen MR) is 159 cm³/mol. The molecule has 266 valence electrons. The summed E-state index contributed by atoms with van der Waals surface area (Å²) in [6.07, 6.45) is -0.306. The Morgan fingerprint density at radius 3 is 2.54 bits per heavy atom. The largest absolute Gasteiger partial charge is 0.408 e. The maximum atomic E-state index is 14.1. The summed E-state index contributed by atoms with van der Waals surface area (Å²) < 4.78 is 76.0. The highest BCUT2D eigenvalue weighted by Gasteiger charge is 2.56.